The molecule has 0 saturated carbocycles. The van der Waals surface area contributed by atoms with Crippen LogP contribution in [0.25, 0.3) is 21.8 Å². The van der Waals surface area contributed by atoms with E-state index in [1.807, 2.05) is 31.2 Å². The number of aryl methyl sites for hydroxylation is 2. The Bertz CT molecular complexity index is 1540. The molecule has 8 heteroatoms. The smallest absolute Gasteiger partial charge is 0.350 e. The van der Waals surface area contributed by atoms with Crippen LogP contribution < -0.4 is 21.6 Å². The lowest BCUT2D eigenvalue weighted by molar-refractivity contribution is -0.116. The van der Waals surface area contributed by atoms with Gasteiger partial charge < -0.3 is 24.9 Å². The summed E-state index contributed by atoms with van der Waals surface area (Å²) in [6.45, 7) is 7.37. The van der Waals surface area contributed by atoms with Gasteiger partial charge in [-0.2, -0.15) is 0 Å². The van der Waals surface area contributed by atoms with E-state index in [4.69, 9.17) is 4.42 Å². The maximum Gasteiger partial charge on any atom is 0.350 e. The van der Waals surface area contributed by atoms with E-state index in [0.717, 1.165) is 53.3 Å². The van der Waals surface area contributed by atoms with Crippen LogP contribution in [-0.4, -0.2) is 30.0 Å². The molecular formula is C31H38N4O4. The molecule has 0 radical (unpaired) electrons. The second-order valence-corrected chi connectivity index (χ2v) is 10.0. The summed E-state index contributed by atoms with van der Waals surface area (Å²) >= 11 is 0. The zero-order chi connectivity index (χ0) is 27.9. The Morgan fingerprint density at radius 3 is 2.51 bits per heavy atom. The number of fused-ring (bicyclic) bond motifs is 3. The third-order valence-electron chi connectivity index (χ3n) is 7.04. The Hall–Kier alpha value is -4.07. The first-order valence-electron chi connectivity index (χ1n) is 13.8. The number of hydrogen-bond donors (Lipinski definition) is 3. The van der Waals surface area contributed by atoms with Crippen molar-refractivity contribution in [1.29, 1.82) is 0 Å². The van der Waals surface area contributed by atoms with E-state index in [0.29, 0.717) is 24.4 Å². The Morgan fingerprint density at radius 1 is 1.00 bits per heavy atom. The molecule has 0 aliphatic heterocycles. The third kappa shape index (κ3) is 6.16. The van der Waals surface area contributed by atoms with Crippen molar-refractivity contribution in [2.24, 2.45) is 5.92 Å². The highest BCUT2D eigenvalue weighted by atomic mass is 16.4. The van der Waals surface area contributed by atoms with Gasteiger partial charge >= 0.3 is 5.63 Å². The molecule has 2 amide bonds. The molecule has 2 aromatic heterocycles. The number of nitrogens with one attached hydrogen (secondary N) is 3. The highest BCUT2D eigenvalue weighted by Gasteiger charge is 2.20. The summed E-state index contributed by atoms with van der Waals surface area (Å²) in [5, 5.41) is 11.1. The summed E-state index contributed by atoms with van der Waals surface area (Å²) in [5.41, 5.74) is 2.67. The minimum absolute atomic E-state index is 0.0486. The summed E-state index contributed by atoms with van der Waals surface area (Å²) < 4.78 is 7.64. The number of anilines is 2. The predicted octanol–water partition coefficient (Wildman–Crippen LogP) is 5.94. The number of nitrogens with zero attached hydrogens (tertiary/aromatic N) is 1. The van der Waals surface area contributed by atoms with Gasteiger partial charge in [-0.05, 0) is 31.4 Å². The molecule has 0 aliphatic carbocycles. The standard InChI is InChI=1S/C31H38N4O4/c1-5-7-8-12-21-18-25(28(30(37)32-4)31(38)39-21)33-19-20(3)17-27(36)34-24-15-11-14-23-22-13-9-10-16-26(22)35(6-2)29(23)24/h9-11,13-16,18,20,33H,5-8,12,17,19H2,1-4H3,(H,32,37)(H,34,36). The molecule has 2 heterocycles. The average molecular weight is 531 g/mol. The van der Waals surface area contributed by atoms with Crippen LogP contribution in [0.4, 0.5) is 11.4 Å². The molecule has 8 nitrogen and oxygen atoms in total. The largest absolute Gasteiger partial charge is 0.427 e. The number of aromatic nitrogens is 1. The van der Waals surface area contributed by atoms with Gasteiger partial charge in [0, 0.05) is 55.3 Å². The number of amides is 2. The van der Waals surface area contributed by atoms with Crippen molar-refractivity contribution in [3.8, 4) is 0 Å². The van der Waals surface area contributed by atoms with Crippen molar-refractivity contribution in [3.63, 3.8) is 0 Å². The van der Waals surface area contributed by atoms with Gasteiger partial charge in [0.1, 0.15) is 11.3 Å². The minimum Gasteiger partial charge on any atom is -0.427 e. The van der Waals surface area contributed by atoms with Crippen molar-refractivity contribution >= 4 is 45.0 Å². The van der Waals surface area contributed by atoms with Crippen molar-refractivity contribution in [2.45, 2.75) is 59.4 Å². The first-order valence-corrected chi connectivity index (χ1v) is 13.8. The van der Waals surface area contributed by atoms with E-state index in [2.05, 4.69) is 52.6 Å². The van der Waals surface area contributed by atoms with E-state index >= 15 is 0 Å². The molecule has 4 rings (SSSR count). The molecule has 4 aromatic rings. The molecule has 2 aromatic carbocycles. The fourth-order valence-electron chi connectivity index (χ4n) is 5.11. The van der Waals surface area contributed by atoms with Gasteiger partial charge in [-0.1, -0.05) is 57.0 Å². The summed E-state index contributed by atoms with van der Waals surface area (Å²) in [4.78, 5) is 38.1. The molecule has 0 spiro atoms. The normalized spacial score (nSPS) is 12.0. The highest BCUT2D eigenvalue weighted by molar-refractivity contribution is 6.13. The molecule has 0 saturated heterocycles. The molecule has 3 N–H and O–H groups in total. The second-order valence-electron chi connectivity index (χ2n) is 10.0. The average Bonchev–Trinajstić information content (AvgIpc) is 3.26. The zero-order valence-electron chi connectivity index (χ0n) is 23.2. The number of benzene rings is 2. The summed E-state index contributed by atoms with van der Waals surface area (Å²) in [6, 6.07) is 16.0. The van der Waals surface area contributed by atoms with Crippen LogP contribution in [0.15, 0.2) is 57.7 Å². The number of rotatable bonds is 12. The molecule has 1 unspecified atom stereocenters. The molecule has 1 atom stereocenters. The van der Waals surface area contributed by atoms with E-state index in [1.165, 1.54) is 7.05 Å². The maximum absolute atomic E-state index is 13.1. The van der Waals surface area contributed by atoms with Crippen LogP contribution in [0.3, 0.4) is 0 Å². The molecule has 39 heavy (non-hydrogen) atoms. The van der Waals surface area contributed by atoms with Crippen molar-refractivity contribution in [1.82, 2.24) is 9.88 Å². The maximum atomic E-state index is 13.1. The highest BCUT2D eigenvalue weighted by Crippen LogP contribution is 2.33. The quantitative estimate of drug-likeness (QED) is 0.197. The summed E-state index contributed by atoms with van der Waals surface area (Å²) in [7, 11) is 1.48. The van der Waals surface area contributed by atoms with Crippen molar-refractivity contribution < 1.29 is 14.0 Å². The van der Waals surface area contributed by atoms with E-state index in [-0.39, 0.29) is 23.8 Å². The predicted molar refractivity (Wildman–Crippen MR) is 158 cm³/mol. The molecule has 206 valence electrons. The van der Waals surface area contributed by atoms with Gasteiger partial charge in [-0.25, -0.2) is 4.79 Å². The Balaban J connectivity index is 1.48. The molecule has 0 bridgehead atoms. The second kappa shape index (κ2) is 12.7. The van der Waals surface area contributed by atoms with Gasteiger partial charge in [0.05, 0.1) is 16.9 Å². The number of carbonyl (C=O) groups is 2. The van der Waals surface area contributed by atoms with Gasteiger partial charge in [0.15, 0.2) is 0 Å². The number of carbonyl (C=O) groups excluding carboxylic acids is 2. The number of hydrogen-bond acceptors (Lipinski definition) is 5. The fraction of sp³-hybridized carbons (Fsp3) is 0.387. The van der Waals surface area contributed by atoms with Crippen LogP contribution in [0.2, 0.25) is 0 Å². The third-order valence-corrected chi connectivity index (χ3v) is 7.04. The first kappa shape index (κ1) is 28.0. The topological polar surface area (TPSA) is 105 Å². The lowest BCUT2D eigenvalue weighted by Gasteiger charge is -2.16. The van der Waals surface area contributed by atoms with E-state index in [9.17, 15) is 14.4 Å². The summed E-state index contributed by atoms with van der Waals surface area (Å²) in [5.74, 6) is -0.108. The summed E-state index contributed by atoms with van der Waals surface area (Å²) in [6.07, 6.45) is 3.89. The molecular weight excluding hydrogens is 492 g/mol. The first-order chi connectivity index (χ1) is 18.9. The van der Waals surface area contributed by atoms with Crippen molar-refractivity contribution in [3.05, 3.63) is 70.3 Å². The van der Waals surface area contributed by atoms with Gasteiger partial charge in [0.2, 0.25) is 5.91 Å². The van der Waals surface area contributed by atoms with Crippen LogP contribution in [0, 0.1) is 5.92 Å². The lowest BCUT2D eigenvalue weighted by Crippen LogP contribution is -2.28. The van der Waals surface area contributed by atoms with E-state index in [1.54, 1.807) is 6.07 Å². The molecule has 0 fully saturated rings. The Kier molecular flexibility index (Phi) is 9.07. The van der Waals surface area contributed by atoms with Crippen LogP contribution in [0.5, 0.6) is 0 Å². The van der Waals surface area contributed by atoms with E-state index < -0.39 is 11.5 Å². The zero-order valence-corrected chi connectivity index (χ0v) is 23.2. The van der Waals surface area contributed by atoms with Crippen LogP contribution in [-0.2, 0) is 17.8 Å². The van der Waals surface area contributed by atoms with Crippen molar-refractivity contribution in [2.75, 3.05) is 24.2 Å². The SMILES string of the molecule is CCCCCc1cc(NCC(C)CC(=O)Nc2cccc3c4ccccc4n(CC)c23)c(C(=O)NC)c(=O)o1. The fourth-order valence-corrected chi connectivity index (χ4v) is 5.11. The number of unbranched alkanes of at least 4 members (excludes halogenated alkanes) is 2. The monoisotopic (exact) mass is 530 g/mol. The van der Waals surface area contributed by atoms with Crippen LogP contribution in [0.1, 0.15) is 62.6 Å². The Labute approximate surface area is 228 Å². The molecule has 0 aliphatic rings. The van der Waals surface area contributed by atoms with Gasteiger partial charge in [-0.3, -0.25) is 9.59 Å². The van der Waals surface area contributed by atoms with Gasteiger partial charge in [0.25, 0.3) is 5.91 Å². The number of para-hydroxylation sites is 2. The van der Waals surface area contributed by atoms with Crippen LogP contribution >= 0.6 is 0 Å². The Morgan fingerprint density at radius 2 is 1.77 bits per heavy atom. The lowest BCUT2D eigenvalue weighted by atomic mass is 10.1. The van der Waals surface area contributed by atoms with Gasteiger partial charge in [-0.15, -0.1) is 0 Å². The minimum atomic E-state index is -0.657.